The van der Waals surface area contributed by atoms with Gasteiger partial charge in [-0.05, 0) is 68.3 Å². The molecule has 2 aromatic carbocycles. The normalized spacial score (nSPS) is 17.1. The molecule has 2 N–H and O–H groups in total. The third kappa shape index (κ3) is 5.12. The number of pyridine rings is 1. The molecule has 0 spiro atoms. The number of aryl methyl sites for hydroxylation is 1. The number of carbonyl (C=O) groups excluding carboxylic acids is 1. The standard InChI is InChI=1S/C26H30N4O/c1-4-30-13-12-22(17-30)27-25-15-18(2)23-16-21(10-11-24(23)29-25)28-26(31)19(3)14-20-8-6-5-7-9-20/h5-11,14-16,22H,4,12-13,17H2,1-3H3,(H,27,29)(H,28,31). The van der Waals surface area contributed by atoms with E-state index < -0.39 is 0 Å². The molecule has 0 radical (unpaired) electrons. The molecule has 4 rings (SSSR count). The summed E-state index contributed by atoms with van der Waals surface area (Å²) >= 11 is 0. The zero-order valence-electron chi connectivity index (χ0n) is 18.5. The third-order valence-electron chi connectivity index (χ3n) is 5.89. The van der Waals surface area contributed by atoms with Crippen LogP contribution in [-0.4, -0.2) is 41.5 Å². The summed E-state index contributed by atoms with van der Waals surface area (Å²) in [7, 11) is 0. The topological polar surface area (TPSA) is 57.3 Å². The van der Waals surface area contributed by atoms with Gasteiger partial charge in [-0.3, -0.25) is 4.79 Å². The molecule has 1 unspecified atom stereocenters. The van der Waals surface area contributed by atoms with Gasteiger partial charge in [-0.25, -0.2) is 4.98 Å². The smallest absolute Gasteiger partial charge is 0.251 e. The Labute approximate surface area is 184 Å². The van der Waals surface area contributed by atoms with Gasteiger partial charge in [0, 0.05) is 35.8 Å². The van der Waals surface area contributed by atoms with Gasteiger partial charge >= 0.3 is 0 Å². The molecule has 1 aliphatic rings. The van der Waals surface area contributed by atoms with Crippen LogP contribution in [0.15, 0.2) is 60.2 Å². The van der Waals surface area contributed by atoms with Crippen LogP contribution in [0.25, 0.3) is 17.0 Å². The minimum atomic E-state index is -0.103. The predicted molar refractivity (Wildman–Crippen MR) is 129 cm³/mol. The van der Waals surface area contributed by atoms with E-state index in [0.29, 0.717) is 11.6 Å². The number of likely N-dealkylation sites (tertiary alicyclic amines) is 1. The van der Waals surface area contributed by atoms with Crippen molar-refractivity contribution in [3.05, 3.63) is 71.3 Å². The summed E-state index contributed by atoms with van der Waals surface area (Å²) < 4.78 is 0. The molecule has 160 valence electrons. The zero-order valence-corrected chi connectivity index (χ0v) is 18.5. The number of nitrogens with one attached hydrogen (secondary N) is 2. The van der Waals surface area contributed by atoms with E-state index in [4.69, 9.17) is 4.98 Å². The summed E-state index contributed by atoms with van der Waals surface area (Å²) in [5.41, 5.74) is 4.53. The molecule has 1 aromatic heterocycles. The van der Waals surface area contributed by atoms with E-state index in [1.165, 1.54) is 0 Å². The molecule has 1 amide bonds. The molecule has 1 atom stereocenters. The fraction of sp³-hybridized carbons (Fsp3) is 0.308. The maximum atomic E-state index is 12.6. The number of rotatable bonds is 6. The summed E-state index contributed by atoms with van der Waals surface area (Å²) in [6.45, 7) is 9.43. The lowest BCUT2D eigenvalue weighted by Crippen LogP contribution is -2.26. The highest BCUT2D eigenvalue weighted by atomic mass is 16.1. The Balaban J connectivity index is 1.48. The van der Waals surface area contributed by atoms with Crippen molar-refractivity contribution in [3.63, 3.8) is 0 Å². The summed E-state index contributed by atoms with van der Waals surface area (Å²) in [6.07, 6.45) is 3.04. The fourth-order valence-corrected chi connectivity index (χ4v) is 4.09. The molecule has 3 aromatic rings. The van der Waals surface area contributed by atoms with E-state index in [1.54, 1.807) is 0 Å². The third-order valence-corrected chi connectivity index (χ3v) is 5.89. The number of carbonyl (C=O) groups is 1. The van der Waals surface area contributed by atoms with Crippen molar-refractivity contribution in [2.24, 2.45) is 0 Å². The summed E-state index contributed by atoms with van der Waals surface area (Å²) in [6, 6.07) is 18.3. The van der Waals surface area contributed by atoms with E-state index in [0.717, 1.165) is 59.6 Å². The number of anilines is 2. The molecule has 1 saturated heterocycles. The lowest BCUT2D eigenvalue weighted by molar-refractivity contribution is -0.112. The Hall–Kier alpha value is -3.18. The van der Waals surface area contributed by atoms with Gasteiger partial charge in [-0.2, -0.15) is 0 Å². The molecule has 0 saturated carbocycles. The number of hydrogen-bond donors (Lipinski definition) is 2. The van der Waals surface area contributed by atoms with Crippen LogP contribution in [0.3, 0.4) is 0 Å². The molecule has 5 heteroatoms. The van der Waals surface area contributed by atoms with E-state index >= 15 is 0 Å². The summed E-state index contributed by atoms with van der Waals surface area (Å²) in [5, 5.41) is 7.65. The average Bonchev–Trinajstić information content (AvgIpc) is 3.22. The Morgan fingerprint density at radius 3 is 2.74 bits per heavy atom. The molecule has 1 aliphatic heterocycles. The molecule has 2 heterocycles. The van der Waals surface area contributed by atoms with Crippen LogP contribution in [0.2, 0.25) is 0 Å². The number of fused-ring (bicyclic) bond motifs is 1. The molecule has 5 nitrogen and oxygen atoms in total. The first-order valence-electron chi connectivity index (χ1n) is 11.0. The van der Waals surface area contributed by atoms with Crippen molar-refractivity contribution in [2.45, 2.75) is 33.2 Å². The highest BCUT2D eigenvalue weighted by molar-refractivity contribution is 6.07. The van der Waals surface area contributed by atoms with Crippen LogP contribution >= 0.6 is 0 Å². The van der Waals surface area contributed by atoms with Crippen LogP contribution in [-0.2, 0) is 4.79 Å². The number of hydrogen-bond acceptors (Lipinski definition) is 4. The second-order valence-corrected chi connectivity index (χ2v) is 8.27. The van der Waals surface area contributed by atoms with Gasteiger partial charge in [0.2, 0.25) is 0 Å². The monoisotopic (exact) mass is 414 g/mol. The highest BCUT2D eigenvalue weighted by Gasteiger charge is 2.21. The van der Waals surface area contributed by atoms with Crippen molar-refractivity contribution >= 4 is 34.4 Å². The lowest BCUT2D eigenvalue weighted by Gasteiger charge is -2.16. The lowest BCUT2D eigenvalue weighted by atomic mass is 10.1. The fourth-order valence-electron chi connectivity index (χ4n) is 4.09. The Morgan fingerprint density at radius 2 is 2.00 bits per heavy atom. The number of amides is 1. The molecule has 31 heavy (non-hydrogen) atoms. The van der Waals surface area contributed by atoms with Crippen molar-refractivity contribution in [1.82, 2.24) is 9.88 Å². The number of aromatic nitrogens is 1. The first-order valence-corrected chi connectivity index (χ1v) is 11.0. The van der Waals surface area contributed by atoms with Crippen molar-refractivity contribution in [3.8, 4) is 0 Å². The maximum Gasteiger partial charge on any atom is 0.251 e. The van der Waals surface area contributed by atoms with E-state index in [-0.39, 0.29) is 5.91 Å². The van der Waals surface area contributed by atoms with E-state index in [2.05, 4.69) is 35.4 Å². The first-order chi connectivity index (χ1) is 15.0. The van der Waals surface area contributed by atoms with Gasteiger partial charge in [0.25, 0.3) is 5.91 Å². The molecule has 0 aliphatic carbocycles. The van der Waals surface area contributed by atoms with Crippen LogP contribution < -0.4 is 10.6 Å². The van der Waals surface area contributed by atoms with Gasteiger partial charge < -0.3 is 15.5 Å². The van der Waals surface area contributed by atoms with E-state index in [9.17, 15) is 4.79 Å². The number of nitrogens with zero attached hydrogens (tertiary/aromatic N) is 2. The second kappa shape index (κ2) is 9.31. The van der Waals surface area contributed by atoms with E-state index in [1.807, 2.05) is 61.5 Å². The van der Waals surface area contributed by atoms with Crippen molar-refractivity contribution in [1.29, 1.82) is 0 Å². The number of likely N-dealkylation sites (N-methyl/N-ethyl adjacent to an activating group) is 1. The van der Waals surface area contributed by atoms with Crippen LogP contribution in [0.4, 0.5) is 11.5 Å². The minimum absolute atomic E-state index is 0.103. The summed E-state index contributed by atoms with van der Waals surface area (Å²) in [4.78, 5) is 19.9. The Kier molecular flexibility index (Phi) is 6.33. The number of benzene rings is 2. The van der Waals surface area contributed by atoms with Crippen molar-refractivity contribution in [2.75, 3.05) is 30.3 Å². The largest absolute Gasteiger partial charge is 0.366 e. The van der Waals surface area contributed by atoms with Crippen LogP contribution in [0.5, 0.6) is 0 Å². The van der Waals surface area contributed by atoms with Gasteiger partial charge in [0.15, 0.2) is 0 Å². The molecule has 0 bridgehead atoms. The Bertz CT molecular complexity index is 1110. The first kappa shape index (κ1) is 21.1. The van der Waals surface area contributed by atoms with Gasteiger partial charge in [-0.15, -0.1) is 0 Å². The maximum absolute atomic E-state index is 12.6. The quantitative estimate of drug-likeness (QED) is 0.552. The highest BCUT2D eigenvalue weighted by Crippen LogP contribution is 2.25. The summed E-state index contributed by atoms with van der Waals surface area (Å²) in [5.74, 6) is 0.820. The van der Waals surface area contributed by atoms with Gasteiger partial charge in [-0.1, -0.05) is 37.3 Å². The minimum Gasteiger partial charge on any atom is -0.366 e. The van der Waals surface area contributed by atoms with Gasteiger partial charge in [0.1, 0.15) is 5.82 Å². The predicted octanol–water partition coefficient (Wildman–Crippen LogP) is 5.09. The second-order valence-electron chi connectivity index (χ2n) is 8.27. The SMILES string of the molecule is CCN1CCC(Nc2cc(C)c3cc(NC(=O)C(C)=Cc4ccccc4)ccc3n2)C1. The van der Waals surface area contributed by atoms with Crippen LogP contribution in [0, 0.1) is 6.92 Å². The molecule has 1 fully saturated rings. The van der Waals surface area contributed by atoms with Crippen molar-refractivity contribution < 1.29 is 4.79 Å². The van der Waals surface area contributed by atoms with Gasteiger partial charge in [0.05, 0.1) is 5.52 Å². The Morgan fingerprint density at radius 1 is 1.19 bits per heavy atom. The molecular weight excluding hydrogens is 384 g/mol. The molecular formula is C26H30N4O. The average molecular weight is 415 g/mol. The zero-order chi connectivity index (χ0) is 21.8. The van der Waals surface area contributed by atoms with Crippen LogP contribution in [0.1, 0.15) is 31.4 Å².